The molecule has 3 rings (SSSR count). The average Bonchev–Trinajstić information content (AvgIpc) is 2.93. The molecular weight excluding hydrogens is 294 g/mol. The first kappa shape index (κ1) is 15.2. The van der Waals surface area contributed by atoms with E-state index in [0.29, 0.717) is 6.42 Å². The number of allylic oxidation sites excluding steroid dienone is 2. The van der Waals surface area contributed by atoms with Crippen LogP contribution in [0.15, 0.2) is 12.2 Å². The minimum Gasteiger partial charge on any atom is -0.227 e. The second-order valence-corrected chi connectivity index (χ2v) is 6.84. The van der Waals surface area contributed by atoms with E-state index >= 15 is 0 Å². The van der Waals surface area contributed by atoms with Crippen molar-refractivity contribution in [3.05, 3.63) is 12.2 Å². The van der Waals surface area contributed by atoms with Crippen LogP contribution in [0, 0.1) is 35.5 Å². The Balaban J connectivity index is 2.07. The Labute approximate surface area is 119 Å². The lowest BCUT2D eigenvalue weighted by Gasteiger charge is -2.44. The van der Waals surface area contributed by atoms with Crippen LogP contribution in [0.25, 0.3) is 0 Å². The van der Waals surface area contributed by atoms with Crippen molar-refractivity contribution >= 4 is 0 Å². The number of alkyl halides is 6. The largest absolute Gasteiger partial charge is 0.428 e. The van der Waals surface area contributed by atoms with Crippen molar-refractivity contribution in [2.24, 2.45) is 35.5 Å². The van der Waals surface area contributed by atoms with E-state index in [0.717, 1.165) is 0 Å². The van der Waals surface area contributed by atoms with Gasteiger partial charge in [-0.15, -0.1) is 0 Å². The summed E-state index contributed by atoms with van der Waals surface area (Å²) in [6.07, 6.45) is -1.82. The second kappa shape index (κ2) is 4.19. The lowest BCUT2D eigenvalue weighted by atomic mass is 9.67. The molecule has 0 amide bonds. The van der Waals surface area contributed by atoms with Crippen molar-refractivity contribution in [2.75, 3.05) is 0 Å². The molecule has 21 heavy (non-hydrogen) atoms. The fourth-order valence-electron chi connectivity index (χ4n) is 5.42. The van der Waals surface area contributed by atoms with Crippen LogP contribution in [-0.4, -0.2) is 17.8 Å². The lowest BCUT2D eigenvalue weighted by molar-refractivity contribution is -0.329. The van der Waals surface area contributed by atoms with Gasteiger partial charge in [0.15, 0.2) is 0 Å². The number of rotatable bonds is 1. The van der Waals surface area contributed by atoms with Gasteiger partial charge in [-0.3, -0.25) is 0 Å². The molecule has 120 valence electrons. The average molecular weight is 312 g/mol. The van der Waals surface area contributed by atoms with Gasteiger partial charge in [-0.25, -0.2) is 13.2 Å². The maximum absolute atomic E-state index is 14.6. The first-order valence-corrected chi connectivity index (χ1v) is 7.33. The zero-order valence-corrected chi connectivity index (χ0v) is 11.8. The lowest BCUT2D eigenvalue weighted by Crippen LogP contribution is -2.62. The normalized spacial score (nSPS) is 51.8. The van der Waals surface area contributed by atoms with E-state index < -0.39 is 41.4 Å². The van der Waals surface area contributed by atoms with Gasteiger partial charge in [0, 0.05) is 11.8 Å². The van der Waals surface area contributed by atoms with Gasteiger partial charge in [0.2, 0.25) is 0 Å². The third-order valence-corrected chi connectivity index (χ3v) is 5.99. The fourth-order valence-corrected chi connectivity index (χ4v) is 5.42. The van der Waals surface area contributed by atoms with E-state index in [1.165, 1.54) is 0 Å². The summed E-state index contributed by atoms with van der Waals surface area (Å²) in [6, 6.07) is 0. The molecule has 0 N–H and O–H groups in total. The molecule has 0 nitrogen and oxygen atoms in total. The van der Waals surface area contributed by atoms with Crippen molar-refractivity contribution in [3.8, 4) is 0 Å². The van der Waals surface area contributed by atoms with Crippen LogP contribution in [0.1, 0.15) is 26.7 Å². The van der Waals surface area contributed by atoms with E-state index in [4.69, 9.17) is 0 Å². The molecule has 0 heterocycles. The SMILES string of the molecule is C/C=C\C1CC(C)C2C1C1CC2C(F)(F)C1(F)C(F)(F)F. The third-order valence-electron chi connectivity index (χ3n) is 5.99. The quantitative estimate of drug-likeness (QED) is 0.472. The van der Waals surface area contributed by atoms with Crippen LogP contribution >= 0.6 is 0 Å². The highest BCUT2D eigenvalue weighted by atomic mass is 19.4. The highest BCUT2D eigenvalue weighted by Gasteiger charge is 2.86. The number of hydrogen-bond donors (Lipinski definition) is 0. The predicted octanol–water partition coefficient (Wildman–Crippen LogP) is 5.01. The maximum atomic E-state index is 14.6. The zero-order valence-electron chi connectivity index (χ0n) is 11.8. The Morgan fingerprint density at radius 2 is 1.62 bits per heavy atom. The first-order valence-electron chi connectivity index (χ1n) is 7.33. The number of fused-ring (bicyclic) bond motifs is 5. The molecule has 2 bridgehead atoms. The Hall–Kier alpha value is -0.680. The number of halogens is 6. The molecule has 0 aromatic carbocycles. The molecule has 3 aliphatic carbocycles. The minimum absolute atomic E-state index is 0.0881. The molecule has 0 spiro atoms. The number of hydrogen-bond acceptors (Lipinski definition) is 0. The van der Waals surface area contributed by atoms with Crippen LogP contribution in [0.2, 0.25) is 0 Å². The van der Waals surface area contributed by atoms with Gasteiger partial charge < -0.3 is 0 Å². The molecule has 0 aromatic rings. The van der Waals surface area contributed by atoms with Crippen molar-refractivity contribution in [1.29, 1.82) is 0 Å². The molecular formula is C15H18F6. The monoisotopic (exact) mass is 312 g/mol. The molecule has 0 radical (unpaired) electrons. The fraction of sp³-hybridized carbons (Fsp3) is 0.867. The smallest absolute Gasteiger partial charge is 0.227 e. The zero-order chi connectivity index (χ0) is 15.8. The molecule has 3 fully saturated rings. The van der Waals surface area contributed by atoms with Crippen molar-refractivity contribution in [3.63, 3.8) is 0 Å². The van der Waals surface area contributed by atoms with Gasteiger partial charge in [-0.2, -0.15) is 13.2 Å². The van der Waals surface area contributed by atoms with Crippen molar-refractivity contribution in [2.45, 2.75) is 44.5 Å². The summed E-state index contributed by atoms with van der Waals surface area (Å²) in [7, 11) is 0. The van der Waals surface area contributed by atoms with E-state index in [2.05, 4.69) is 0 Å². The van der Waals surface area contributed by atoms with Crippen molar-refractivity contribution < 1.29 is 26.3 Å². The summed E-state index contributed by atoms with van der Waals surface area (Å²) in [6.45, 7) is 3.54. The van der Waals surface area contributed by atoms with Crippen LogP contribution in [0.4, 0.5) is 26.3 Å². The van der Waals surface area contributed by atoms with Crippen LogP contribution in [0.3, 0.4) is 0 Å². The van der Waals surface area contributed by atoms with Gasteiger partial charge in [0.25, 0.3) is 11.6 Å². The van der Waals surface area contributed by atoms with E-state index in [-0.39, 0.29) is 18.3 Å². The molecule has 7 unspecified atom stereocenters. The first-order chi connectivity index (χ1) is 9.57. The van der Waals surface area contributed by atoms with Gasteiger partial charge in [-0.1, -0.05) is 19.1 Å². The van der Waals surface area contributed by atoms with Crippen LogP contribution in [-0.2, 0) is 0 Å². The molecule has 7 atom stereocenters. The molecule has 0 aliphatic heterocycles. The topological polar surface area (TPSA) is 0 Å². The van der Waals surface area contributed by atoms with Crippen molar-refractivity contribution in [1.82, 2.24) is 0 Å². The van der Waals surface area contributed by atoms with E-state index in [1.807, 2.05) is 0 Å². The second-order valence-electron chi connectivity index (χ2n) is 6.84. The van der Waals surface area contributed by atoms with E-state index in [1.54, 1.807) is 26.0 Å². The van der Waals surface area contributed by atoms with Gasteiger partial charge in [-0.05, 0) is 43.4 Å². The summed E-state index contributed by atoms with van der Waals surface area (Å²) in [5, 5.41) is 0. The summed E-state index contributed by atoms with van der Waals surface area (Å²) >= 11 is 0. The Morgan fingerprint density at radius 3 is 2.14 bits per heavy atom. The third kappa shape index (κ3) is 1.59. The highest BCUT2D eigenvalue weighted by molar-refractivity contribution is 5.24. The van der Waals surface area contributed by atoms with Crippen LogP contribution in [0.5, 0.6) is 0 Å². The Bertz CT molecular complexity index is 467. The van der Waals surface area contributed by atoms with Gasteiger partial charge in [0.05, 0.1) is 0 Å². The Kier molecular flexibility index (Phi) is 3.04. The summed E-state index contributed by atoms with van der Waals surface area (Å²) in [4.78, 5) is 0. The molecule has 3 saturated carbocycles. The standard InChI is InChI=1S/C15H18F6/c1-3-4-8-5-7(2)11-10-6-9(12(8)11)13(16,14(10,17)18)15(19,20)21/h3-4,7-12H,5-6H2,1-2H3/b4-3-. The van der Waals surface area contributed by atoms with Gasteiger partial charge >= 0.3 is 6.18 Å². The summed E-state index contributed by atoms with van der Waals surface area (Å²) in [5.74, 6) is -8.84. The summed E-state index contributed by atoms with van der Waals surface area (Å²) in [5.41, 5.74) is -4.37. The minimum atomic E-state index is -5.52. The maximum Gasteiger partial charge on any atom is 0.428 e. The Morgan fingerprint density at radius 1 is 1.00 bits per heavy atom. The molecule has 3 aliphatic rings. The molecule has 6 heteroatoms. The van der Waals surface area contributed by atoms with E-state index in [9.17, 15) is 26.3 Å². The highest BCUT2D eigenvalue weighted by Crippen LogP contribution is 2.74. The van der Waals surface area contributed by atoms with Crippen LogP contribution < -0.4 is 0 Å². The molecule has 0 saturated heterocycles. The molecule has 0 aromatic heterocycles. The predicted molar refractivity (Wildman–Crippen MR) is 65.5 cm³/mol. The summed E-state index contributed by atoms with van der Waals surface area (Å²) < 4.78 is 82.2. The van der Waals surface area contributed by atoms with Gasteiger partial charge in [0.1, 0.15) is 0 Å².